The number of ether oxygens (including phenoxy) is 1. The fourth-order valence-corrected chi connectivity index (χ4v) is 5.60. The fraction of sp³-hybridized carbons (Fsp3) is 0.565. The number of aliphatic hydroxyl groups excluding tert-OH is 1. The van der Waals surface area contributed by atoms with Gasteiger partial charge in [0.05, 0.1) is 22.3 Å². The quantitative estimate of drug-likeness (QED) is 0.653. The molecule has 0 bridgehead atoms. The zero-order valence-corrected chi connectivity index (χ0v) is 19.4. The first kappa shape index (κ1) is 21.4. The lowest BCUT2D eigenvalue weighted by molar-refractivity contribution is 0.0261. The number of nitrogens with zero attached hydrogens (tertiary/aromatic N) is 3. The van der Waals surface area contributed by atoms with Crippen molar-refractivity contribution in [1.29, 1.82) is 0 Å². The first-order valence-electron chi connectivity index (χ1n) is 10.6. The number of hydrogen-bond donors (Lipinski definition) is 1. The molecule has 0 radical (unpaired) electrons. The van der Waals surface area contributed by atoms with Crippen LogP contribution in [0.1, 0.15) is 56.5 Å². The lowest BCUT2D eigenvalue weighted by atomic mass is 9.66. The zero-order chi connectivity index (χ0) is 21.5. The van der Waals surface area contributed by atoms with E-state index in [2.05, 4.69) is 41.8 Å². The Bertz CT molecular complexity index is 898. The number of fused-ring (bicyclic) bond motifs is 1. The number of aromatic nitrogens is 2. The lowest BCUT2D eigenvalue weighted by Crippen LogP contribution is -2.51. The Morgan fingerprint density at radius 3 is 2.57 bits per heavy atom. The van der Waals surface area contributed by atoms with Gasteiger partial charge in [0.25, 0.3) is 0 Å². The molecular formula is C23H30BrN3O3. The van der Waals surface area contributed by atoms with Crippen LogP contribution in [0.3, 0.4) is 0 Å². The number of carbonyl (C=O) groups is 1. The van der Waals surface area contributed by atoms with E-state index >= 15 is 0 Å². The maximum atomic E-state index is 12.5. The van der Waals surface area contributed by atoms with Crippen molar-refractivity contribution in [3.63, 3.8) is 0 Å². The molecule has 7 heteroatoms. The Morgan fingerprint density at radius 2 is 1.93 bits per heavy atom. The Labute approximate surface area is 186 Å². The molecule has 0 saturated carbocycles. The van der Waals surface area contributed by atoms with E-state index in [4.69, 9.17) is 4.74 Å². The Hall–Kier alpha value is -1.86. The lowest BCUT2D eigenvalue weighted by Gasteiger charge is -2.48. The predicted molar refractivity (Wildman–Crippen MR) is 118 cm³/mol. The molecule has 2 aromatic rings. The van der Waals surface area contributed by atoms with E-state index in [1.54, 1.807) is 4.90 Å². The van der Waals surface area contributed by atoms with Crippen LogP contribution in [0.4, 0.5) is 4.79 Å². The molecule has 1 aromatic carbocycles. The summed E-state index contributed by atoms with van der Waals surface area (Å²) in [6.45, 7) is 7.84. The van der Waals surface area contributed by atoms with Gasteiger partial charge in [-0.15, -0.1) is 0 Å². The van der Waals surface area contributed by atoms with Gasteiger partial charge in [-0.3, -0.25) is 4.68 Å². The average molecular weight is 476 g/mol. The third-order valence-corrected chi connectivity index (χ3v) is 7.90. The summed E-state index contributed by atoms with van der Waals surface area (Å²) in [6.07, 6.45) is 3.52. The molecule has 1 fully saturated rings. The number of carbonyl (C=O) groups excluding carboxylic acids is 1. The van der Waals surface area contributed by atoms with E-state index in [0.717, 1.165) is 36.1 Å². The molecule has 1 amide bonds. The van der Waals surface area contributed by atoms with Gasteiger partial charge in [0, 0.05) is 13.1 Å². The highest BCUT2D eigenvalue weighted by molar-refractivity contribution is 9.09. The highest BCUT2D eigenvalue weighted by atomic mass is 79.9. The minimum atomic E-state index is -0.618. The normalized spacial score (nSPS) is 23.3. The molecule has 4 rings (SSSR count). The van der Waals surface area contributed by atoms with Crippen molar-refractivity contribution in [3.8, 4) is 0 Å². The summed E-state index contributed by atoms with van der Waals surface area (Å²) >= 11 is 3.82. The van der Waals surface area contributed by atoms with Gasteiger partial charge in [0.15, 0.2) is 0 Å². The van der Waals surface area contributed by atoms with Crippen molar-refractivity contribution < 1.29 is 14.6 Å². The molecule has 2 heterocycles. The van der Waals surface area contributed by atoms with Gasteiger partial charge in [-0.05, 0) is 56.6 Å². The number of rotatable bonds is 2. The van der Waals surface area contributed by atoms with Crippen LogP contribution in [-0.2, 0) is 23.3 Å². The molecule has 2 atom stereocenters. The molecule has 162 valence electrons. The SMILES string of the molecule is CC(C)(C)n1ncc2c1C(O)C(Br)C1(CCN(C(=O)OCc3ccccc3)CC1)C2. The molecule has 1 aliphatic heterocycles. The summed E-state index contributed by atoms with van der Waals surface area (Å²) in [6, 6.07) is 9.73. The molecule has 2 unspecified atom stereocenters. The van der Waals surface area contributed by atoms with E-state index in [-0.39, 0.29) is 28.5 Å². The van der Waals surface area contributed by atoms with E-state index in [9.17, 15) is 9.90 Å². The molecule has 1 saturated heterocycles. The Kier molecular flexibility index (Phi) is 5.70. The second-order valence-electron chi connectivity index (χ2n) is 9.55. The number of amides is 1. The van der Waals surface area contributed by atoms with Crippen LogP contribution in [-0.4, -0.2) is 43.8 Å². The van der Waals surface area contributed by atoms with Crippen LogP contribution >= 0.6 is 15.9 Å². The van der Waals surface area contributed by atoms with Crippen LogP contribution < -0.4 is 0 Å². The summed E-state index contributed by atoms with van der Waals surface area (Å²) in [4.78, 5) is 14.2. The van der Waals surface area contributed by atoms with Gasteiger partial charge >= 0.3 is 6.09 Å². The predicted octanol–water partition coefficient (Wildman–Crippen LogP) is 4.41. The van der Waals surface area contributed by atoms with Crippen LogP contribution in [0.2, 0.25) is 0 Å². The fourth-order valence-electron chi connectivity index (χ4n) is 4.73. The number of hydrogen-bond acceptors (Lipinski definition) is 4. The molecular weight excluding hydrogens is 446 g/mol. The van der Waals surface area contributed by atoms with Gasteiger partial charge in [-0.25, -0.2) is 4.79 Å². The van der Waals surface area contributed by atoms with Crippen molar-refractivity contribution in [2.45, 2.75) is 63.1 Å². The molecule has 6 nitrogen and oxygen atoms in total. The summed E-state index contributed by atoms with van der Waals surface area (Å²) in [7, 11) is 0. The smallest absolute Gasteiger partial charge is 0.410 e. The maximum absolute atomic E-state index is 12.5. The van der Waals surface area contributed by atoms with Crippen LogP contribution in [0.15, 0.2) is 36.5 Å². The number of alkyl halides is 1. The minimum absolute atomic E-state index is 0.0715. The first-order chi connectivity index (χ1) is 14.2. The van der Waals surface area contributed by atoms with Crippen molar-refractivity contribution >= 4 is 22.0 Å². The molecule has 1 aromatic heterocycles. The van der Waals surface area contributed by atoms with E-state index < -0.39 is 6.10 Å². The van der Waals surface area contributed by atoms with Crippen LogP contribution in [0.25, 0.3) is 0 Å². The van der Waals surface area contributed by atoms with Crippen molar-refractivity contribution in [3.05, 3.63) is 53.3 Å². The maximum Gasteiger partial charge on any atom is 0.410 e. The van der Waals surface area contributed by atoms with Crippen LogP contribution in [0.5, 0.6) is 0 Å². The average Bonchev–Trinajstić information content (AvgIpc) is 3.16. The number of halogens is 1. The van der Waals surface area contributed by atoms with Gasteiger partial charge in [0.2, 0.25) is 0 Å². The molecule has 30 heavy (non-hydrogen) atoms. The summed E-state index contributed by atoms with van der Waals surface area (Å²) < 4.78 is 7.45. The standard InChI is InChI=1S/C23H30BrN3O3/c1-22(2,3)27-18-17(14-25-27)13-23(20(24)19(18)28)9-11-26(12-10-23)21(29)30-15-16-7-5-4-6-8-16/h4-8,14,19-20,28H,9-13,15H2,1-3H3. The zero-order valence-electron chi connectivity index (χ0n) is 17.8. The molecule has 1 spiro atoms. The topological polar surface area (TPSA) is 67.6 Å². The number of aliphatic hydroxyl groups is 1. The number of benzene rings is 1. The van der Waals surface area contributed by atoms with Crippen LogP contribution in [0, 0.1) is 5.41 Å². The molecule has 1 N–H and O–H groups in total. The number of likely N-dealkylation sites (tertiary alicyclic amines) is 1. The van der Waals surface area contributed by atoms with Gasteiger partial charge in [-0.1, -0.05) is 46.3 Å². The highest BCUT2D eigenvalue weighted by Gasteiger charge is 2.50. The number of piperidine rings is 1. The minimum Gasteiger partial charge on any atom is -0.445 e. The van der Waals surface area contributed by atoms with E-state index in [1.165, 1.54) is 0 Å². The van der Waals surface area contributed by atoms with Crippen molar-refractivity contribution in [2.24, 2.45) is 5.41 Å². The highest BCUT2D eigenvalue weighted by Crippen LogP contribution is 2.51. The van der Waals surface area contributed by atoms with Gasteiger partial charge in [-0.2, -0.15) is 5.10 Å². The summed E-state index contributed by atoms with van der Waals surface area (Å²) in [5.74, 6) is 0. The van der Waals surface area contributed by atoms with E-state index in [1.807, 2.05) is 41.2 Å². The van der Waals surface area contributed by atoms with Crippen molar-refractivity contribution in [1.82, 2.24) is 14.7 Å². The Balaban J connectivity index is 1.42. The monoisotopic (exact) mass is 475 g/mol. The largest absolute Gasteiger partial charge is 0.445 e. The summed E-state index contributed by atoms with van der Waals surface area (Å²) in [5, 5.41) is 15.7. The molecule has 2 aliphatic rings. The second kappa shape index (κ2) is 8.00. The second-order valence-corrected chi connectivity index (χ2v) is 10.5. The Morgan fingerprint density at radius 1 is 1.27 bits per heavy atom. The molecule has 1 aliphatic carbocycles. The third kappa shape index (κ3) is 3.89. The third-order valence-electron chi connectivity index (χ3n) is 6.43. The van der Waals surface area contributed by atoms with E-state index in [0.29, 0.717) is 13.1 Å². The first-order valence-corrected chi connectivity index (χ1v) is 11.5. The van der Waals surface area contributed by atoms with Gasteiger partial charge in [0.1, 0.15) is 12.7 Å². The van der Waals surface area contributed by atoms with Gasteiger partial charge < -0.3 is 14.7 Å². The summed E-state index contributed by atoms with van der Waals surface area (Å²) in [5.41, 5.74) is 2.75. The van der Waals surface area contributed by atoms with Crippen molar-refractivity contribution in [2.75, 3.05) is 13.1 Å².